The lowest BCUT2D eigenvalue weighted by atomic mass is 9.98. The first kappa shape index (κ1) is 21.4. The summed E-state index contributed by atoms with van der Waals surface area (Å²) in [6.07, 6.45) is 5.17. The van der Waals surface area contributed by atoms with Crippen LogP contribution in [0.5, 0.6) is 0 Å². The molecular weight excluding hydrogens is 408 g/mol. The molecule has 32 heavy (non-hydrogen) atoms. The minimum atomic E-state index is -0.947. The van der Waals surface area contributed by atoms with Crippen LogP contribution < -0.4 is 10.6 Å². The number of hydrogen-bond acceptors (Lipinski definition) is 4. The average molecular weight is 432 g/mol. The van der Waals surface area contributed by atoms with Gasteiger partial charge in [0.1, 0.15) is 12.6 Å². The molecule has 1 saturated carbocycles. The average Bonchev–Trinajstić information content (AvgIpc) is 3.51. The number of terminal acetylenes is 1. The van der Waals surface area contributed by atoms with E-state index in [1.807, 2.05) is 36.4 Å². The SMILES string of the molecule is C#CCC(NC(=O)OCC1c2ccccc2-c2ccccc21)C(=O)NCC1CC1C(=O)O. The Morgan fingerprint density at radius 1 is 1.09 bits per heavy atom. The van der Waals surface area contributed by atoms with Gasteiger partial charge in [0.2, 0.25) is 5.91 Å². The standard InChI is InChI=1S/C25H24N2O5/c1-2-7-22(23(28)26-13-15-12-20(15)24(29)30)27-25(31)32-14-21-18-10-5-3-8-16(18)17-9-4-6-11-19(17)21/h1,3-6,8-11,15,20-22H,7,12-14H2,(H,26,28)(H,27,31)(H,29,30). The highest BCUT2D eigenvalue weighted by Gasteiger charge is 2.43. The minimum Gasteiger partial charge on any atom is -0.481 e. The van der Waals surface area contributed by atoms with Crippen LogP contribution in [-0.2, 0) is 14.3 Å². The molecule has 164 valence electrons. The van der Waals surface area contributed by atoms with E-state index in [1.165, 1.54) is 0 Å². The van der Waals surface area contributed by atoms with Crippen molar-refractivity contribution in [3.05, 3.63) is 59.7 Å². The maximum atomic E-state index is 12.4. The molecule has 0 spiro atoms. The number of alkyl carbamates (subject to hydrolysis) is 1. The Kier molecular flexibility index (Phi) is 6.13. The number of rotatable bonds is 8. The number of carbonyl (C=O) groups excluding carboxylic acids is 2. The van der Waals surface area contributed by atoms with Crippen LogP contribution in [-0.4, -0.2) is 42.3 Å². The second-order valence-corrected chi connectivity index (χ2v) is 8.12. The van der Waals surface area contributed by atoms with E-state index in [0.717, 1.165) is 22.3 Å². The summed E-state index contributed by atoms with van der Waals surface area (Å²) >= 11 is 0. The predicted octanol–water partition coefficient (Wildman–Crippen LogP) is 2.75. The van der Waals surface area contributed by atoms with Gasteiger partial charge in [-0.15, -0.1) is 12.3 Å². The first-order valence-corrected chi connectivity index (χ1v) is 10.5. The number of carboxylic acid groups (broad SMARTS) is 1. The smallest absolute Gasteiger partial charge is 0.407 e. The van der Waals surface area contributed by atoms with Crippen molar-refractivity contribution >= 4 is 18.0 Å². The third kappa shape index (κ3) is 4.45. The first-order valence-electron chi connectivity index (χ1n) is 10.5. The van der Waals surface area contributed by atoms with Gasteiger partial charge in [-0.1, -0.05) is 48.5 Å². The van der Waals surface area contributed by atoms with Crippen molar-refractivity contribution in [3.8, 4) is 23.5 Å². The highest BCUT2D eigenvalue weighted by Crippen LogP contribution is 2.44. The fourth-order valence-corrected chi connectivity index (χ4v) is 4.24. The van der Waals surface area contributed by atoms with E-state index in [9.17, 15) is 14.4 Å². The van der Waals surface area contributed by atoms with Crippen LogP contribution in [0.3, 0.4) is 0 Å². The molecular formula is C25H24N2O5. The number of carbonyl (C=O) groups is 3. The van der Waals surface area contributed by atoms with Crippen LogP contribution in [0.2, 0.25) is 0 Å². The second kappa shape index (κ2) is 9.15. The zero-order chi connectivity index (χ0) is 22.7. The molecule has 3 unspecified atom stereocenters. The molecule has 7 heteroatoms. The molecule has 3 N–H and O–H groups in total. The minimum absolute atomic E-state index is 0.00303. The maximum absolute atomic E-state index is 12.4. The molecule has 0 bridgehead atoms. The Morgan fingerprint density at radius 2 is 1.72 bits per heavy atom. The molecule has 2 aliphatic carbocycles. The second-order valence-electron chi connectivity index (χ2n) is 8.12. The third-order valence-electron chi connectivity index (χ3n) is 6.05. The van der Waals surface area contributed by atoms with Gasteiger partial charge in [-0.3, -0.25) is 9.59 Å². The summed E-state index contributed by atoms with van der Waals surface area (Å²) < 4.78 is 5.48. The quantitative estimate of drug-likeness (QED) is 0.557. The third-order valence-corrected chi connectivity index (χ3v) is 6.05. The van der Waals surface area contributed by atoms with Gasteiger partial charge in [0, 0.05) is 18.9 Å². The molecule has 0 aliphatic heterocycles. The van der Waals surface area contributed by atoms with Crippen molar-refractivity contribution in [2.24, 2.45) is 11.8 Å². The van der Waals surface area contributed by atoms with E-state index in [1.54, 1.807) is 0 Å². The van der Waals surface area contributed by atoms with Crippen LogP contribution in [0.15, 0.2) is 48.5 Å². The van der Waals surface area contributed by atoms with E-state index >= 15 is 0 Å². The maximum Gasteiger partial charge on any atom is 0.407 e. The Morgan fingerprint density at radius 3 is 2.28 bits per heavy atom. The number of fused-ring (bicyclic) bond motifs is 3. The van der Waals surface area contributed by atoms with Gasteiger partial charge in [0.15, 0.2) is 0 Å². The molecule has 0 heterocycles. The molecule has 3 atom stereocenters. The highest BCUT2D eigenvalue weighted by atomic mass is 16.5. The molecule has 0 saturated heterocycles. The molecule has 0 aromatic heterocycles. The summed E-state index contributed by atoms with van der Waals surface area (Å²) in [6, 6.07) is 15.1. The Hall–Kier alpha value is -3.79. The van der Waals surface area contributed by atoms with Gasteiger partial charge in [-0.2, -0.15) is 0 Å². The van der Waals surface area contributed by atoms with Crippen molar-refractivity contribution in [2.75, 3.05) is 13.2 Å². The van der Waals surface area contributed by atoms with E-state index in [0.29, 0.717) is 6.42 Å². The van der Waals surface area contributed by atoms with Gasteiger partial charge in [0.25, 0.3) is 0 Å². The summed E-state index contributed by atoms with van der Waals surface area (Å²) in [5.41, 5.74) is 4.44. The number of ether oxygens (including phenoxy) is 1. The lowest BCUT2D eigenvalue weighted by molar-refractivity contribution is -0.139. The summed E-state index contributed by atoms with van der Waals surface area (Å²) in [6.45, 7) is 0.371. The van der Waals surface area contributed by atoms with Gasteiger partial charge in [-0.25, -0.2) is 4.79 Å². The highest BCUT2D eigenvalue weighted by molar-refractivity contribution is 5.86. The summed E-state index contributed by atoms with van der Waals surface area (Å²) in [5.74, 6) is 0.478. The lowest BCUT2D eigenvalue weighted by Gasteiger charge is -2.18. The largest absolute Gasteiger partial charge is 0.481 e. The first-order chi connectivity index (χ1) is 15.5. The number of nitrogens with one attached hydrogen (secondary N) is 2. The summed E-state index contributed by atoms with van der Waals surface area (Å²) in [4.78, 5) is 35.8. The van der Waals surface area contributed by atoms with Crippen LogP contribution in [0, 0.1) is 24.2 Å². The molecule has 4 rings (SSSR count). The van der Waals surface area contributed by atoms with Crippen LogP contribution in [0.1, 0.15) is 29.9 Å². The number of benzene rings is 2. The fraction of sp³-hybridized carbons (Fsp3) is 0.320. The van der Waals surface area contributed by atoms with Crippen LogP contribution in [0.25, 0.3) is 11.1 Å². The predicted molar refractivity (Wildman–Crippen MR) is 118 cm³/mol. The van der Waals surface area contributed by atoms with E-state index < -0.39 is 29.9 Å². The van der Waals surface area contributed by atoms with Crippen LogP contribution in [0.4, 0.5) is 4.79 Å². The number of aliphatic carboxylic acids is 1. The molecule has 2 aromatic carbocycles. The van der Waals surface area contributed by atoms with Crippen LogP contribution >= 0.6 is 0 Å². The van der Waals surface area contributed by atoms with Crippen molar-refractivity contribution in [3.63, 3.8) is 0 Å². The van der Waals surface area contributed by atoms with Crippen molar-refractivity contribution in [1.29, 1.82) is 0 Å². The van der Waals surface area contributed by atoms with Crippen molar-refractivity contribution in [1.82, 2.24) is 10.6 Å². The van der Waals surface area contributed by atoms with Gasteiger partial charge < -0.3 is 20.5 Å². The Bertz CT molecular complexity index is 1040. The number of hydrogen-bond donors (Lipinski definition) is 3. The summed E-state index contributed by atoms with van der Waals surface area (Å²) in [5, 5.41) is 14.2. The normalized spacial score (nSPS) is 19.1. The van der Waals surface area contributed by atoms with E-state index in [-0.39, 0.29) is 31.4 Å². The zero-order valence-corrected chi connectivity index (χ0v) is 17.4. The Balaban J connectivity index is 1.34. The molecule has 1 fully saturated rings. The van der Waals surface area contributed by atoms with Crippen molar-refractivity contribution in [2.45, 2.75) is 24.8 Å². The van der Waals surface area contributed by atoms with Gasteiger partial charge >= 0.3 is 12.1 Å². The van der Waals surface area contributed by atoms with E-state index in [2.05, 4.69) is 28.7 Å². The van der Waals surface area contributed by atoms with E-state index in [4.69, 9.17) is 16.3 Å². The summed E-state index contributed by atoms with van der Waals surface area (Å²) in [7, 11) is 0. The fourth-order valence-electron chi connectivity index (χ4n) is 4.24. The van der Waals surface area contributed by atoms with Gasteiger partial charge in [-0.05, 0) is 34.6 Å². The molecule has 2 aromatic rings. The number of carboxylic acids is 1. The van der Waals surface area contributed by atoms with Crippen molar-refractivity contribution < 1.29 is 24.2 Å². The monoisotopic (exact) mass is 432 g/mol. The molecule has 2 amide bonds. The Labute approximate surface area is 186 Å². The lowest BCUT2D eigenvalue weighted by Crippen LogP contribution is -2.47. The zero-order valence-electron chi connectivity index (χ0n) is 17.4. The topological polar surface area (TPSA) is 105 Å². The molecule has 2 aliphatic rings. The van der Waals surface area contributed by atoms with Gasteiger partial charge in [0.05, 0.1) is 5.92 Å². The number of amides is 2. The molecule has 7 nitrogen and oxygen atoms in total. The molecule has 0 radical (unpaired) electrons.